The van der Waals surface area contributed by atoms with Crippen LogP contribution in [0.5, 0.6) is 0 Å². The Hall–Kier alpha value is -1.55. The van der Waals surface area contributed by atoms with E-state index >= 15 is 0 Å². The van der Waals surface area contributed by atoms with Crippen molar-refractivity contribution in [1.82, 2.24) is 5.32 Å². The molecule has 1 N–H and O–H groups in total. The van der Waals surface area contributed by atoms with Crippen molar-refractivity contribution in [2.24, 2.45) is 0 Å². The number of hydrogen-bond acceptors (Lipinski definition) is 2. The molecule has 0 fully saturated rings. The Kier molecular flexibility index (Phi) is 10.9. The van der Waals surface area contributed by atoms with Crippen LogP contribution in [-0.2, 0) is 6.18 Å². The number of halogens is 9. The first kappa shape index (κ1) is 30.7. The van der Waals surface area contributed by atoms with Gasteiger partial charge in [0.1, 0.15) is 0 Å². The molecule has 2 aromatic carbocycles. The number of carbonyl (C=O) groups is 1. The Morgan fingerprint density at radius 2 is 1.67 bits per heavy atom. The highest BCUT2D eigenvalue weighted by Crippen LogP contribution is 2.41. The Morgan fingerprint density at radius 3 is 2.19 bits per heavy atom. The molecule has 0 spiro atoms. The van der Waals surface area contributed by atoms with Gasteiger partial charge in [-0.2, -0.15) is 38.1 Å². The van der Waals surface area contributed by atoms with E-state index in [0.717, 1.165) is 42.5 Å². The maximum Gasteiger partial charge on any atom is 0.417 e. The van der Waals surface area contributed by atoms with Crippen LogP contribution < -0.4 is 5.32 Å². The first-order valence-corrected chi connectivity index (χ1v) is 12.9. The van der Waals surface area contributed by atoms with Crippen molar-refractivity contribution < 1.29 is 31.1 Å². The number of carbonyl (C=O) groups excluding carboxylic acids is 1. The number of allylic oxidation sites excluding steroid dienone is 1. The summed E-state index contributed by atoms with van der Waals surface area (Å²) in [4.78, 5) is 12.5. The minimum atomic E-state index is -4.91. The molecule has 198 valence electrons. The zero-order valence-corrected chi connectivity index (χ0v) is 22.1. The molecule has 36 heavy (non-hydrogen) atoms. The quantitative estimate of drug-likeness (QED) is 0.179. The van der Waals surface area contributed by atoms with Crippen LogP contribution in [-0.4, -0.2) is 29.6 Å². The van der Waals surface area contributed by atoms with Crippen molar-refractivity contribution >= 4 is 58.5 Å². The minimum Gasteiger partial charge on any atom is -0.349 e. The maximum atomic E-state index is 13.7. The predicted octanol–water partition coefficient (Wildman–Crippen LogP) is 9.29. The molecule has 2 atom stereocenters. The van der Waals surface area contributed by atoms with Gasteiger partial charge in [0.15, 0.2) is 0 Å². The van der Waals surface area contributed by atoms with Crippen molar-refractivity contribution in [2.75, 3.05) is 11.5 Å². The lowest BCUT2D eigenvalue weighted by Gasteiger charge is -2.19. The monoisotopic (exact) mass is 591 g/mol. The maximum absolute atomic E-state index is 13.7. The van der Waals surface area contributed by atoms with Gasteiger partial charge < -0.3 is 5.32 Å². The summed E-state index contributed by atoms with van der Waals surface area (Å²) in [5.41, 5.74) is -2.38. The Morgan fingerprint density at radius 1 is 1.06 bits per heavy atom. The van der Waals surface area contributed by atoms with Crippen molar-refractivity contribution in [3.8, 4) is 0 Å². The molecule has 0 aromatic heterocycles. The molecular formula is C24H22Cl3F6NOS. The van der Waals surface area contributed by atoms with Crippen LogP contribution in [0.2, 0.25) is 15.1 Å². The summed E-state index contributed by atoms with van der Waals surface area (Å²) in [6, 6.07) is 4.34. The molecule has 2 unspecified atom stereocenters. The lowest BCUT2D eigenvalue weighted by molar-refractivity contribution is -0.139. The summed E-state index contributed by atoms with van der Waals surface area (Å²) in [6.45, 7) is 3.66. The zero-order valence-electron chi connectivity index (χ0n) is 19.0. The molecule has 0 saturated carbocycles. The number of rotatable bonds is 9. The Bertz CT molecular complexity index is 1080. The summed E-state index contributed by atoms with van der Waals surface area (Å²) in [6.07, 6.45) is -7.19. The fraction of sp³-hybridized carbons (Fsp3) is 0.375. The van der Waals surface area contributed by atoms with E-state index in [1.54, 1.807) is 18.7 Å². The lowest BCUT2D eigenvalue weighted by Crippen LogP contribution is -2.35. The molecule has 12 heteroatoms. The average Bonchev–Trinajstić information content (AvgIpc) is 2.76. The second-order valence-corrected chi connectivity index (χ2v) is 10.3. The molecule has 0 saturated heterocycles. The summed E-state index contributed by atoms with van der Waals surface area (Å²) in [5, 5.41) is 2.02. The van der Waals surface area contributed by atoms with E-state index in [4.69, 9.17) is 34.8 Å². The summed E-state index contributed by atoms with van der Waals surface area (Å²) in [5.74, 6) is -1.76. The lowest BCUT2D eigenvalue weighted by atomic mass is 9.96. The van der Waals surface area contributed by atoms with Gasteiger partial charge in [0.2, 0.25) is 0 Å². The number of nitrogens with one attached hydrogen (secondary N) is 1. The minimum absolute atomic E-state index is 0.117. The third kappa shape index (κ3) is 8.50. The van der Waals surface area contributed by atoms with E-state index in [1.165, 1.54) is 0 Å². The van der Waals surface area contributed by atoms with Crippen molar-refractivity contribution in [3.63, 3.8) is 0 Å². The van der Waals surface area contributed by atoms with Crippen molar-refractivity contribution in [3.05, 3.63) is 73.7 Å². The highest BCUT2D eigenvalue weighted by Gasteiger charge is 2.40. The summed E-state index contributed by atoms with van der Waals surface area (Å²) < 4.78 is 82.4. The van der Waals surface area contributed by atoms with Crippen LogP contribution in [0.4, 0.5) is 26.3 Å². The topological polar surface area (TPSA) is 29.1 Å². The number of amides is 1. The van der Waals surface area contributed by atoms with Crippen LogP contribution in [0.1, 0.15) is 53.2 Å². The molecule has 0 aliphatic rings. The molecule has 0 radical (unpaired) electrons. The SMILES string of the molecule is CCCSCC(C)NC(=O)c1ccc(/C=C/C(c2cc(Cl)c(Cl)c(Cl)c2)C(F)(F)F)cc1C(F)(F)F. The van der Waals surface area contributed by atoms with Crippen LogP contribution in [0.3, 0.4) is 0 Å². The van der Waals surface area contributed by atoms with Crippen LogP contribution in [0.25, 0.3) is 6.08 Å². The van der Waals surface area contributed by atoms with Gasteiger partial charge in [-0.3, -0.25) is 4.79 Å². The van der Waals surface area contributed by atoms with Gasteiger partial charge in [0.05, 0.1) is 32.1 Å². The third-order valence-electron chi connectivity index (χ3n) is 4.89. The van der Waals surface area contributed by atoms with Gasteiger partial charge >= 0.3 is 12.4 Å². The zero-order chi connectivity index (χ0) is 27.3. The van der Waals surface area contributed by atoms with Gasteiger partial charge in [-0.25, -0.2) is 0 Å². The average molecular weight is 593 g/mol. The summed E-state index contributed by atoms with van der Waals surface area (Å²) in [7, 11) is 0. The highest BCUT2D eigenvalue weighted by molar-refractivity contribution is 7.99. The summed E-state index contributed by atoms with van der Waals surface area (Å²) >= 11 is 19.1. The smallest absolute Gasteiger partial charge is 0.349 e. The van der Waals surface area contributed by atoms with Crippen molar-refractivity contribution in [1.29, 1.82) is 0 Å². The molecule has 0 aliphatic carbocycles. The first-order chi connectivity index (χ1) is 16.6. The number of thioether (sulfide) groups is 1. The van der Waals surface area contributed by atoms with Gasteiger partial charge in [-0.05, 0) is 54.5 Å². The van der Waals surface area contributed by atoms with Crippen LogP contribution in [0.15, 0.2) is 36.4 Å². The van der Waals surface area contributed by atoms with Gasteiger partial charge in [0, 0.05) is 11.8 Å². The molecule has 0 bridgehead atoms. The molecule has 2 rings (SSSR count). The number of hydrogen-bond donors (Lipinski definition) is 1. The Balaban J connectivity index is 2.38. The predicted molar refractivity (Wildman–Crippen MR) is 135 cm³/mol. The molecule has 2 nitrogen and oxygen atoms in total. The Labute approximate surface area is 224 Å². The molecule has 1 amide bonds. The van der Waals surface area contributed by atoms with Crippen molar-refractivity contribution in [2.45, 2.75) is 44.6 Å². The standard InChI is InChI=1S/C24H22Cl3F6NOS/c1-3-8-36-12-13(2)34-22(35)16-6-4-14(9-18(16)24(31,32)33)5-7-17(23(28,29)30)15-10-19(25)21(27)20(26)11-15/h4-7,9-11,13,17H,3,8,12H2,1-2H3,(H,34,35)/b7-5+. The van der Waals surface area contributed by atoms with E-state index < -0.39 is 35.3 Å². The van der Waals surface area contributed by atoms with Crippen LogP contribution in [0, 0.1) is 0 Å². The van der Waals surface area contributed by atoms with E-state index in [1.807, 2.05) is 6.92 Å². The highest BCUT2D eigenvalue weighted by atomic mass is 35.5. The van der Waals surface area contributed by atoms with Gasteiger partial charge in [0.25, 0.3) is 5.91 Å². The fourth-order valence-electron chi connectivity index (χ4n) is 3.22. The molecule has 0 heterocycles. The first-order valence-electron chi connectivity index (χ1n) is 10.6. The van der Waals surface area contributed by atoms with E-state index in [9.17, 15) is 31.1 Å². The van der Waals surface area contributed by atoms with E-state index in [0.29, 0.717) is 17.9 Å². The van der Waals surface area contributed by atoms with E-state index in [2.05, 4.69) is 5.32 Å². The number of benzene rings is 2. The van der Waals surface area contributed by atoms with E-state index in [-0.39, 0.29) is 32.2 Å². The van der Waals surface area contributed by atoms with Gasteiger partial charge in [-0.15, -0.1) is 0 Å². The molecule has 0 aliphatic heterocycles. The molecular weight excluding hydrogens is 571 g/mol. The third-order valence-corrected chi connectivity index (χ3v) is 7.52. The molecule has 2 aromatic rings. The normalized spacial score (nSPS) is 14.2. The second kappa shape index (κ2) is 12.8. The van der Waals surface area contributed by atoms with Crippen LogP contribution >= 0.6 is 46.6 Å². The number of alkyl halides is 6. The second-order valence-electron chi connectivity index (χ2n) is 7.93. The fourth-order valence-corrected chi connectivity index (χ4v) is 4.72. The van der Waals surface area contributed by atoms with Gasteiger partial charge in [-0.1, -0.05) is 59.9 Å². The largest absolute Gasteiger partial charge is 0.417 e.